The number of carboxylic acid groups (broad SMARTS) is 1. The summed E-state index contributed by atoms with van der Waals surface area (Å²) in [6, 6.07) is 40.1. The van der Waals surface area contributed by atoms with Crippen molar-refractivity contribution in [3.05, 3.63) is 168 Å². The first kappa shape index (κ1) is 33.2. The van der Waals surface area contributed by atoms with Gasteiger partial charge in [-0.3, -0.25) is 9.78 Å². The zero-order valence-corrected chi connectivity index (χ0v) is 27.8. The number of para-hydroxylation sites is 2. The molecule has 254 valence electrons. The van der Waals surface area contributed by atoms with Crippen LogP contribution in [-0.2, 0) is 22.4 Å². The maximum Gasteiger partial charge on any atom is 0.407 e. The predicted molar refractivity (Wildman–Crippen MR) is 194 cm³/mol. The highest BCUT2D eigenvalue weighted by Gasteiger charge is 2.35. The van der Waals surface area contributed by atoms with Crippen LogP contribution in [0.3, 0.4) is 0 Å². The van der Waals surface area contributed by atoms with Crippen molar-refractivity contribution in [3.63, 3.8) is 0 Å². The quantitative estimate of drug-likeness (QED) is 0.144. The lowest BCUT2D eigenvalue weighted by molar-refractivity contribution is -0.142. The second-order valence-electron chi connectivity index (χ2n) is 12.6. The number of fused-ring (bicyclic) bond motifs is 4. The van der Waals surface area contributed by atoms with Gasteiger partial charge in [-0.25, -0.2) is 14.6 Å². The van der Waals surface area contributed by atoms with Gasteiger partial charge in [-0.05, 0) is 51.9 Å². The zero-order chi connectivity index (χ0) is 35.2. The normalized spacial score (nSPS) is 13.1. The Balaban J connectivity index is 1.17. The Labute approximate surface area is 295 Å². The average molecular weight is 677 g/mol. The Bertz CT molecular complexity index is 2130. The van der Waals surface area contributed by atoms with Crippen LogP contribution in [0.4, 0.5) is 4.79 Å². The van der Waals surface area contributed by atoms with Gasteiger partial charge in [0.25, 0.3) is 5.91 Å². The Hall–Kier alpha value is -6.35. The molecular weight excluding hydrogens is 640 g/mol. The van der Waals surface area contributed by atoms with Crippen LogP contribution in [0.5, 0.6) is 0 Å². The third-order valence-electron chi connectivity index (χ3n) is 9.27. The zero-order valence-electron chi connectivity index (χ0n) is 27.8. The molecule has 1 heterocycles. The van der Waals surface area contributed by atoms with Gasteiger partial charge >= 0.3 is 12.1 Å². The second-order valence-corrected chi connectivity index (χ2v) is 12.6. The minimum Gasteiger partial charge on any atom is -0.480 e. The van der Waals surface area contributed by atoms with E-state index >= 15 is 0 Å². The molecule has 5 aromatic carbocycles. The smallest absolute Gasteiger partial charge is 0.407 e. The first-order valence-corrected chi connectivity index (χ1v) is 16.9. The number of carboxylic acids is 1. The lowest BCUT2D eigenvalue weighted by Gasteiger charge is -2.32. The standard InChI is InChI=1S/C42H36N4O5/c47-40(38-25-43-36-21-11-12-22-37(36)45-38)46(39(41(48)49)24-29-15-5-2-6-16-29)26-30(23-28-13-3-1-4-14-28)44-42(50)51-27-35-33-19-9-7-17-31(33)32-18-8-10-20-34(32)35/h1-22,25,30,35,39H,23-24,26-27H2,(H,44,50)(H,48,49). The number of hydrogen-bond donors (Lipinski definition) is 2. The van der Waals surface area contributed by atoms with Crippen LogP contribution in [0.2, 0.25) is 0 Å². The minimum absolute atomic E-state index is 0.00705. The van der Waals surface area contributed by atoms with Crippen molar-refractivity contribution in [3.8, 4) is 11.1 Å². The average Bonchev–Trinajstić information content (AvgIpc) is 3.49. The number of rotatable bonds is 12. The summed E-state index contributed by atoms with van der Waals surface area (Å²) in [7, 11) is 0. The van der Waals surface area contributed by atoms with Crippen molar-refractivity contribution >= 4 is 29.0 Å². The van der Waals surface area contributed by atoms with Crippen LogP contribution in [-0.4, -0.2) is 63.2 Å². The fourth-order valence-electron chi connectivity index (χ4n) is 6.83. The molecule has 6 aromatic rings. The first-order valence-electron chi connectivity index (χ1n) is 16.9. The third kappa shape index (κ3) is 7.47. The number of ether oxygens (including phenoxy) is 1. The molecule has 1 aromatic heterocycles. The lowest BCUT2D eigenvalue weighted by atomic mass is 9.98. The third-order valence-corrected chi connectivity index (χ3v) is 9.27. The SMILES string of the molecule is O=C(NC(Cc1ccccc1)CN(C(=O)c1cnc2ccccc2n1)C(Cc1ccccc1)C(=O)O)OCC1c2ccccc2-c2ccccc21. The van der Waals surface area contributed by atoms with Gasteiger partial charge in [-0.1, -0.05) is 121 Å². The molecule has 0 bridgehead atoms. The molecule has 2 atom stereocenters. The first-order chi connectivity index (χ1) is 24.9. The van der Waals surface area contributed by atoms with Gasteiger partial charge in [-0.2, -0.15) is 0 Å². The van der Waals surface area contributed by atoms with Gasteiger partial charge in [0.05, 0.1) is 23.3 Å². The molecule has 0 fully saturated rings. The Morgan fingerprint density at radius 1 is 0.706 bits per heavy atom. The predicted octanol–water partition coefficient (Wildman–Crippen LogP) is 6.92. The van der Waals surface area contributed by atoms with Crippen molar-refractivity contribution < 1.29 is 24.2 Å². The van der Waals surface area contributed by atoms with Crippen molar-refractivity contribution in [1.29, 1.82) is 0 Å². The van der Waals surface area contributed by atoms with Crippen molar-refractivity contribution in [2.75, 3.05) is 13.2 Å². The van der Waals surface area contributed by atoms with E-state index in [1.54, 1.807) is 18.2 Å². The number of nitrogens with one attached hydrogen (secondary N) is 1. The maximum atomic E-state index is 14.3. The molecule has 0 aliphatic heterocycles. The monoisotopic (exact) mass is 676 g/mol. The van der Waals surface area contributed by atoms with Crippen molar-refractivity contribution in [2.24, 2.45) is 0 Å². The van der Waals surface area contributed by atoms with E-state index in [2.05, 4.69) is 39.6 Å². The number of alkyl carbamates (subject to hydrolysis) is 1. The number of hydrogen-bond acceptors (Lipinski definition) is 6. The van der Waals surface area contributed by atoms with E-state index in [1.807, 2.05) is 91.0 Å². The molecule has 2 amide bonds. The summed E-state index contributed by atoms with van der Waals surface area (Å²) < 4.78 is 5.89. The molecule has 1 aliphatic rings. The minimum atomic E-state index is -1.27. The number of amides is 2. The van der Waals surface area contributed by atoms with Crippen LogP contribution in [0.1, 0.15) is 38.7 Å². The highest BCUT2D eigenvalue weighted by atomic mass is 16.5. The topological polar surface area (TPSA) is 122 Å². The molecule has 9 nitrogen and oxygen atoms in total. The van der Waals surface area contributed by atoms with Gasteiger partial charge in [0.2, 0.25) is 0 Å². The second kappa shape index (κ2) is 15.0. The molecule has 2 N–H and O–H groups in total. The summed E-state index contributed by atoms with van der Waals surface area (Å²) in [6.45, 7) is -0.0186. The van der Waals surface area contributed by atoms with E-state index in [4.69, 9.17) is 4.74 Å². The van der Waals surface area contributed by atoms with E-state index in [0.717, 1.165) is 33.4 Å². The summed E-state index contributed by atoms with van der Waals surface area (Å²) in [5.41, 5.74) is 7.19. The fraction of sp³-hybridized carbons (Fsp3) is 0.167. The maximum absolute atomic E-state index is 14.3. The van der Waals surface area contributed by atoms with E-state index in [0.29, 0.717) is 17.5 Å². The Morgan fingerprint density at radius 2 is 1.25 bits per heavy atom. The van der Waals surface area contributed by atoms with E-state index < -0.39 is 30.1 Å². The Kier molecular flexibility index (Phi) is 9.78. The molecule has 0 radical (unpaired) electrons. The summed E-state index contributed by atoms with van der Waals surface area (Å²) >= 11 is 0. The molecule has 0 saturated heterocycles. The van der Waals surface area contributed by atoms with Crippen LogP contribution in [0.15, 0.2) is 140 Å². The largest absolute Gasteiger partial charge is 0.480 e. The van der Waals surface area contributed by atoms with E-state index in [9.17, 15) is 19.5 Å². The lowest BCUT2D eigenvalue weighted by Crippen LogP contribution is -2.53. The molecule has 2 unspecified atom stereocenters. The van der Waals surface area contributed by atoms with Gasteiger partial charge < -0.3 is 20.1 Å². The van der Waals surface area contributed by atoms with E-state index in [-0.39, 0.29) is 31.2 Å². The van der Waals surface area contributed by atoms with E-state index in [1.165, 1.54) is 11.1 Å². The number of aliphatic carboxylic acids is 1. The molecular formula is C42H36N4O5. The Morgan fingerprint density at radius 3 is 1.88 bits per heavy atom. The van der Waals surface area contributed by atoms with Gasteiger partial charge in [0.1, 0.15) is 18.3 Å². The number of benzene rings is 5. The highest BCUT2D eigenvalue weighted by molar-refractivity contribution is 5.96. The molecule has 1 aliphatic carbocycles. The molecule has 0 saturated carbocycles. The summed E-state index contributed by atoms with van der Waals surface area (Å²) in [5.74, 6) is -1.92. The summed E-state index contributed by atoms with van der Waals surface area (Å²) in [6.07, 6.45) is 1.07. The van der Waals surface area contributed by atoms with Crippen LogP contribution in [0, 0.1) is 0 Å². The van der Waals surface area contributed by atoms with Crippen LogP contribution < -0.4 is 5.32 Å². The van der Waals surface area contributed by atoms with Crippen molar-refractivity contribution in [2.45, 2.75) is 30.8 Å². The van der Waals surface area contributed by atoms with Gasteiger partial charge in [-0.15, -0.1) is 0 Å². The molecule has 51 heavy (non-hydrogen) atoms. The number of aromatic nitrogens is 2. The van der Waals surface area contributed by atoms with Crippen LogP contribution >= 0.6 is 0 Å². The number of carbonyl (C=O) groups excluding carboxylic acids is 2. The van der Waals surface area contributed by atoms with Crippen LogP contribution in [0.25, 0.3) is 22.2 Å². The highest BCUT2D eigenvalue weighted by Crippen LogP contribution is 2.44. The molecule has 9 heteroatoms. The fourth-order valence-corrected chi connectivity index (χ4v) is 6.83. The van der Waals surface area contributed by atoms with Crippen molar-refractivity contribution in [1.82, 2.24) is 20.2 Å². The summed E-state index contributed by atoms with van der Waals surface area (Å²) in [4.78, 5) is 51.2. The molecule has 0 spiro atoms. The molecule has 7 rings (SSSR count). The number of nitrogens with zero attached hydrogens (tertiary/aromatic N) is 3. The van der Waals surface area contributed by atoms with Gasteiger partial charge in [0, 0.05) is 18.9 Å². The number of carbonyl (C=O) groups is 3. The van der Waals surface area contributed by atoms with Gasteiger partial charge in [0.15, 0.2) is 0 Å². The summed E-state index contributed by atoms with van der Waals surface area (Å²) in [5, 5.41) is 13.6.